The maximum atomic E-state index is 12.3. The molecule has 1 fully saturated rings. The number of hydrogen-bond acceptors (Lipinski definition) is 2. The van der Waals surface area contributed by atoms with Crippen molar-refractivity contribution in [3.05, 3.63) is 34.8 Å². The van der Waals surface area contributed by atoms with E-state index in [1.807, 2.05) is 0 Å². The summed E-state index contributed by atoms with van der Waals surface area (Å²) in [5, 5.41) is -0.400. The van der Waals surface area contributed by atoms with Crippen LogP contribution in [0.25, 0.3) is 0 Å². The first-order chi connectivity index (χ1) is 9.55. The zero-order valence-corrected chi connectivity index (χ0v) is 8.74. The van der Waals surface area contributed by atoms with Crippen LogP contribution in [-0.4, -0.2) is 5.78 Å². The van der Waals surface area contributed by atoms with Crippen molar-refractivity contribution in [1.82, 2.24) is 0 Å². The fourth-order valence-electron chi connectivity index (χ4n) is 1.63. The lowest BCUT2D eigenvalue weighted by Gasteiger charge is -2.32. The smallest absolute Gasteiger partial charge is 0.157 e. The van der Waals surface area contributed by atoms with Crippen molar-refractivity contribution in [2.45, 2.75) is 31.2 Å². The van der Waals surface area contributed by atoms with Gasteiger partial charge in [0.15, 0.2) is 5.78 Å². The molecule has 1 aliphatic carbocycles. The SMILES string of the molecule is [2H]c1c([2H])c([2H])c(C2(N)C(=O)CCCC2([2H])[2H])c(Cl)c1[2H]. The largest absolute Gasteiger partial charge is 0.315 e. The van der Waals surface area contributed by atoms with Crippen molar-refractivity contribution in [2.24, 2.45) is 5.73 Å². The van der Waals surface area contributed by atoms with Crippen LogP contribution in [0.2, 0.25) is 5.02 Å². The molecule has 0 bridgehead atoms. The van der Waals surface area contributed by atoms with Crippen LogP contribution in [-0.2, 0) is 10.3 Å². The lowest BCUT2D eigenvalue weighted by atomic mass is 9.76. The number of hydrogen-bond donors (Lipinski definition) is 1. The highest BCUT2D eigenvalue weighted by Crippen LogP contribution is 2.35. The summed E-state index contributed by atoms with van der Waals surface area (Å²) in [6, 6.07) is -2.21. The zero-order chi connectivity index (χ0) is 16.2. The van der Waals surface area contributed by atoms with Gasteiger partial charge in [0, 0.05) is 14.2 Å². The van der Waals surface area contributed by atoms with Gasteiger partial charge in [-0.25, -0.2) is 0 Å². The molecule has 2 nitrogen and oxygen atoms in total. The van der Waals surface area contributed by atoms with Gasteiger partial charge in [-0.2, -0.15) is 0 Å². The number of halogens is 1. The van der Waals surface area contributed by atoms with E-state index in [9.17, 15) is 4.79 Å². The molecule has 2 N–H and O–H groups in total. The molecule has 1 aliphatic rings. The normalized spacial score (nSPS) is 35.7. The Morgan fingerprint density at radius 1 is 1.47 bits per heavy atom. The highest BCUT2D eigenvalue weighted by atomic mass is 35.5. The maximum absolute atomic E-state index is 12.3. The standard InChI is InChI=1S/C12H14ClNO/c13-10-6-2-1-5-9(10)12(14)8-4-3-7-11(12)15/h1-2,5-6H,3-4,7-8,14H2/i1D,2D,5D,6D,8D2. The molecule has 0 radical (unpaired) electrons. The van der Waals surface area contributed by atoms with E-state index >= 15 is 0 Å². The molecule has 1 saturated carbocycles. The highest BCUT2D eigenvalue weighted by molar-refractivity contribution is 6.31. The third kappa shape index (κ3) is 1.80. The Kier molecular flexibility index (Phi) is 1.44. The number of carbonyl (C=O) groups excluding carboxylic acids is 1. The predicted molar refractivity (Wildman–Crippen MR) is 60.8 cm³/mol. The number of carbonyl (C=O) groups is 1. The van der Waals surface area contributed by atoms with Gasteiger partial charge in [-0.15, -0.1) is 0 Å². The van der Waals surface area contributed by atoms with Gasteiger partial charge in [-0.1, -0.05) is 36.1 Å². The molecule has 1 atom stereocenters. The third-order valence-corrected chi connectivity index (χ3v) is 2.74. The van der Waals surface area contributed by atoms with E-state index in [-0.39, 0.29) is 18.4 Å². The Morgan fingerprint density at radius 3 is 2.93 bits per heavy atom. The summed E-state index contributed by atoms with van der Waals surface area (Å²) in [5.41, 5.74) is 3.51. The van der Waals surface area contributed by atoms with Crippen molar-refractivity contribution in [3.63, 3.8) is 0 Å². The Morgan fingerprint density at radius 2 is 2.20 bits per heavy atom. The van der Waals surface area contributed by atoms with E-state index in [0.29, 0.717) is 6.42 Å². The van der Waals surface area contributed by atoms with E-state index in [2.05, 4.69) is 0 Å². The van der Waals surface area contributed by atoms with Crippen molar-refractivity contribution in [1.29, 1.82) is 0 Å². The number of rotatable bonds is 1. The molecule has 0 aliphatic heterocycles. The van der Waals surface area contributed by atoms with E-state index in [4.69, 9.17) is 25.6 Å². The molecule has 0 amide bonds. The van der Waals surface area contributed by atoms with E-state index in [1.165, 1.54) is 0 Å². The van der Waals surface area contributed by atoms with Crippen LogP contribution < -0.4 is 5.73 Å². The molecule has 0 heterocycles. The first-order valence-electron chi connectivity index (χ1n) is 7.64. The molecule has 0 spiro atoms. The van der Waals surface area contributed by atoms with Crippen LogP contribution in [0.3, 0.4) is 0 Å². The topological polar surface area (TPSA) is 43.1 Å². The Labute approximate surface area is 103 Å². The Bertz CT molecular complexity index is 606. The summed E-state index contributed by atoms with van der Waals surface area (Å²) < 4.78 is 47.0. The second-order valence-corrected chi connectivity index (χ2v) is 3.83. The molecule has 0 aromatic heterocycles. The third-order valence-electron chi connectivity index (χ3n) is 2.46. The second kappa shape index (κ2) is 3.95. The molecule has 1 aromatic rings. The van der Waals surface area contributed by atoms with Gasteiger partial charge < -0.3 is 5.73 Å². The first kappa shape index (κ1) is 5.46. The van der Waals surface area contributed by atoms with Gasteiger partial charge in [0.1, 0.15) is 5.54 Å². The van der Waals surface area contributed by atoms with Gasteiger partial charge >= 0.3 is 0 Å². The van der Waals surface area contributed by atoms with Crippen LogP contribution in [0, 0.1) is 0 Å². The minimum Gasteiger partial charge on any atom is -0.315 e. The number of Topliss-reactive ketones (excluding diaryl/α,β-unsaturated/α-hetero) is 1. The molecule has 3 heteroatoms. The van der Waals surface area contributed by atoms with Gasteiger partial charge in [0.2, 0.25) is 0 Å². The van der Waals surface area contributed by atoms with Gasteiger partial charge in [-0.3, -0.25) is 4.79 Å². The van der Waals surface area contributed by atoms with E-state index in [0.717, 1.165) is 0 Å². The lowest BCUT2D eigenvalue weighted by molar-refractivity contribution is -0.126. The zero-order valence-electron chi connectivity index (χ0n) is 14.0. The molecular formula is C12H14ClNO. The maximum Gasteiger partial charge on any atom is 0.157 e. The molecule has 2 rings (SSSR count). The lowest BCUT2D eigenvalue weighted by Crippen LogP contribution is -2.47. The van der Waals surface area contributed by atoms with Crippen LogP contribution in [0.4, 0.5) is 0 Å². The molecule has 1 unspecified atom stereocenters. The summed E-state index contributed by atoms with van der Waals surface area (Å²) in [4.78, 5) is 12.3. The Hall–Kier alpha value is -0.860. The summed E-state index contributed by atoms with van der Waals surface area (Å²) in [7, 11) is 0. The summed E-state index contributed by atoms with van der Waals surface area (Å²) >= 11 is 5.98. The summed E-state index contributed by atoms with van der Waals surface area (Å²) in [6.45, 7) is 0. The van der Waals surface area contributed by atoms with Crippen LogP contribution in [0.1, 0.15) is 39.4 Å². The van der Waals surface area contributed by atoms with Crippen LogP contribution in [0.15, 0.2) is 24.2 Å². The fourth-order valence-corrected chi connectivity index (χ4v) is 1.87. The number of ketones is 1. The fraction of sp³-hybridized carbons (Fsp3) is 0.417. The molecular weight excluding hydrogens is 210 g/mol. The van der Waals surface area contributed by atoms with Crippen LogP contribution in [0.5, 0.6) is 0 Å². The minimum atomic E-state index is -2.17. The highest BCUT2D eigenvalue weighted by Gasteiger charge is 2.38. The first-order valence-corrected chi connectivity index (χ1v) is 5.02. The predicted octanol–water partition coefficient (Wildman–Crippen LogP) is 2.64. The minimum absolute atomic E-state index is 0.0221. The molecule has 15 heavy (non-hydrogen) atoms. The number of benzene rings is 1. The molecule has 0 saturated heterocycles. The van der Waals surface area contributed by atoms with Crippen molar-refractivity contribution in [3.8, 4) is 0 Å². The Balaban J connectivity index is 2.85. The quantitative estimate of drug-likeness (QED) is 0.805. The van der Waals surface area contributed by atoms with Gasteiger partial charge in [0.05, 0.1) is 5.48 Å². The van der Waals surface area contributed by atoms with Gasteiger partial charge in [0.25, 0.3) is 0 Å². The summed E-state index contributed by atoms with van der Waals surface area (Å²) in [6.07, 6.45) is -1.72. The van der Waals surface area contributed by atoms with E-state index < -0.39 is 46.9 Å². The van der Waals surface area contributed by atoms with Crippen molar-refractivity contribution in [2.75, 3.05) is 0 Å². The van der Waals surface area contributed by atoms with Crippen molar-refractivity contribution >= 4 is 17.4 Å². The average molecular weight is 230 g/mol. The summed E-state index contributed by atoms with van der Waals surface area (Å²) in [5.74, 6) is -0.606. The van der Waals surface area contributed by atoms with E-state index in [1.54, 1.807) is 0 Å². The second-order valence-electron chi connectivity index (χ2n) is 3.45. The molecule has 80 valence electrons. The monoisotopic (exact) mass is 229 g/mol. The average Bonchev–Trinajstić information content (AvgIpc) is 2.41. The van der Waals surface area contributed by atoms with Crippen molar-refractivity contribution < 1.29 is 13.0 Å². The number of nitrogens with two attached hydrogens (primary N) is 1. The molecule has 1 aromatic carbocycles. The van der Waals surface area contributed by atoms with Crippen LogP contribution >= 0.6 is 11.6 Å². The van der Waals surface area contributed by atoms with Gasteiger partial charge in [-0.05, 0) is 24.4 Å².